The predicted molar refractivity (Wildman–Crippen MR) is 85.4 cm³/mol. The Labute approximate surface area is 124 Å². The highest BCUT2D eigenvalue weighted by Crippen LogP contribution is 2.39. The highest BCUT2D eigenvalue weighted by Gasteiger charge is 2.23. The molecule has 0 saturated heterocycles. The number of benzene rings is 2. The van der Waals surface area contributed by atoms with Gasteiger partial charge in [-0.15, -0.1) is 0 Å². The first-order valence-corrected chi connectivity index (χ1v) is 7.72. The summed E-state index contributed by atoms with van der Waals surface area (Å²) in [7, 11) is 0. The van der Waals surface area contributed by atoms with Gasteiger partial charge in [-0.3, -0.25) is 4.79 Å². The summed E-state index contributed by atoms with van der Waals surface area (Å²) in [6.45, 7) is 0. The smallest absolute Gasteiger partial charge is 0.256 e. The highest BCUT2D eigenvalue weighted by molar-refractivity contribution is 9.08. The van der Waals surface area contributed by atoms with Crippen LogP contribution in [0.2, 0.25) is 0 Å². The van der Waals surface area contributed by atoms with Gasteiger partial charge in [0.05, 0.1) is 5.69 Å². The van der Waals surface area contributed by atoms with Gasteiger partial charge in [-0.05, 0) is 28.1 Å². The highest BCUT2D eigenvalue weighted by atomic mass is 79.9. The van der Waals surface area contributed by atoms with Gasteiger partial charge in [-0.1, -0.05) is 52.3 Å². The first-order valence-electron chi connectivity index (χ1n) is 6.60. The lowest BCUT2D eigenvalue weighted by Crippen LogP contribution is -2.08. The number of halogens is 1. The van der Waals surface area contributed by atoms with Crippen LogP contribution in [-0.4, -0.2) is 4.98 Å². The fraction of sp³-hybridized carbons (Fsp3) is 0.118. The van der Waals surface area contributed by atoms with Crippen molar-refractivity contribution in [1.29, 1.82) is 0 Å². The second kappa shape index (κ2) is 4.32. The van der Waals surface area contributed by atoms with E-state index >= 15 is 0 Å². The third kappa shape index (κ3) is 1.53. The van der Waals surface area contributed by atoms with Crippen LogP contribution in [0.4, 0.5) is 0 Å². The van der Waals surface area contributed by atoms with Crippen LogP contribution < -0.4 is 5.56 Å². The summed E-state index contributed by atoms with van der Waals surface area (Å²) in [5.74, 6) is 0. The molecule has 0 radical (unpaired) electrons. The number of alkyl halides is 1. The maximum atomic E-state index is 12.2. The Kier molecular flexibility index (Phi) is 2.57. The second-order valence-corrected chi connectivity index (χ2v) is 5.67. The number of nitrogens with one attached hydrogen (secondary N) is 1. The van der Waals surface area contributed by atoms with Crippen molar-refractivity contribution >= 4 is 26.7 Å². The number of aromatic nitrogens is 1. The lowest BCUT2D eigenvalue weighted by molar-refractivity contribution is 1.21. The topological polar surface area (TPSA) is 32.9 Å². The van der Waals surface area contributed by atoms with Crippen LogP contribution in [0.5, 0.6) is 0 Å². The van der Waals surface area contributed by atoms with E-state index < -0.39 is 0 Å². The first-order chi connectivity index (χ1) is 9.79. The Bertz CT molecular complexity index is 895. The minimum atomic E-state index is -0.00329. The summed E-state index contributed by atoms with van der Waals surface area (Å²) in [4.78, 5) is 15.3. The average Bonchev–Trinajstić information content (AvgIpc) is 2.86. The van der Waals surface area contributed by atoms with E-state index in [0.29, 0.717) is 0 Å². The van der Waals surface area contributed by atoms with Crippen LogP contribution >= 0.6 is 15.9 Å². The number of rotatable bonds is 1. The van der Waals surface area contributed by atoms with Gasteiger partial charge in [-0.2, -0.15) is 0 Å². The van der Waals surface area contributed by atoms with E-state index in [9.17, 15) is 4.79 Å². The Balaban J connectivity index is 2.11. The van der Waals surface area contributed by atoms with Crippen molar-refractivity contribution in [3.8, 4) is 11.3 Å². The Hall–Kier alpha value is -1.87. The molecule has 0 saturated carbocycles. The number of fused-ring (bicyclic) bond motifs is 5. The molecule has 0 unspecified atom stereocenters. The fourth-order valence-electron chi connectivity index (χ4n) is 3.13. The van der Waals surface area contributed by atoms with E-state index in [1.54, 1.807) is 0 Å². The number of aromatic amines is 1. The van der Waals surface area contributed by atoms with Crippen molar-refractivity contribution in [2.24, 2.45) is 0 Å². The molecule has 1 heterocycles. The normalized spacial score (nSPS) is 12.4. The molecule has 1 aliphatic rings. The molecular formula is C17H12BrNO. The van der Waals surface area contributed by atoms with E-state index in [-0.39, 0.29) is 5.56 Å². The molecule has 0 amide bonds. The molecule has 3 aromatic rings. The van der Waals surface area contributed by atoms with Gasteiger partial charge in [-0.25, -0.2) is 0 Å². The van der Waals surface area contributed by atoms with Crippen LogP contribution in [0.25, 0.3) is 22.0 Å². The summed E-state index contributed by atoms with van der Waals surface area (Å²) in [5.41, 5.74) is 6.02. The van der Waals surface area contributed by atoms with E-state index in [1.807, 2.05) is 24.3 Å². The molecule has 20 heavy (non-hydrogen) atoms. The molecule has 0 fully saturated rings. The van der Waals surface area contributed by atoms with Crippen molar-refractivity contribution < 1.29 is 0 Å². The van der Waals surface area contributed by atoms with E-state index in [2.05, 4.69) is 39.1 Å². The van der Waals surface area contributed by atoms with Crippen LogP contribution in [0.3, 0.4) is 0 Å². The molecule has 3 heteroatoms. The molecule has 98 valence electrons. The Morgan fingerprint density at radius 2 is 1.80 bits per heavy atom. The monoisotopic (exact) mass is 325 g/mol. The molecule has 0 aliphatic heterocycles. The number of hydrogen-bond acceptors (Lipinski definition) is 1. The van der Waals surface area contributed by atoms with Crippen LogP contribution in [0, 0.1) is 0 Å². The second-order valence-electron chi connectivity index (χ2n) is 5.11. The van der Waals surface area contributed by atoms with Gasteiger partial charge >= 0.3 is 0 Å². The van der Waals surface area contributed by atoms with Crippen molar-refractivity contribution in [1.82, 2.24) is 4.98 Å². The molecule has 0 bridgehead atoms. The molecule has 0 spiro atoms. The third-order valence-electron chi connectivity index (χ3n) is 4.08. The van der Waals surface area contributed by atoms with Crippen LogP contribution in [0.15, 0.2) is 47.3 Å². The predicted octanol–water partition coefficient (Wildman–Crippen LogP) is 3.99. The standard InChI is InChI=1S/C17H12BrNO/c18-9-10-4-3-7-12-14(10)8-15-11-5-1-2-6-13(11)17(20)19-16(12)15/h1-7H,8-9H2,(H,19,20). The Morgan fingerprint density at radius 3 is 2.60 bits per heavy atom. The Morgan fingerprint density at radius 1 is 1.00 bits per heavy atom. The van der Waals surface area contributed by atoms with Gasteiger partial charge in [0.2, 0.25) is 0 Å². The molecule has 1 aliphatic carbocycles. The lowest BCUT2D eigenvalue weighted by Gasteiger charge is -2.05. The number of H-pyrrole nitrogens is 1. The summed E-state index contributed by atoms with van der Waals surface area (Å²) in [5, 5.41) is 2.69. The molecule has 2 aromatic carbocycles. The summed E-state index contributed by atoms with van der Waals surface area (Å²) in [6, 6.07) is 14.1. The van der Waals surface area contributed by atoms with E-state index in [4.69, 9.17) is 0 Å². The summed E-state index contributed by atoms with van der Waals surface area (Å²) in [6.07, 6.45) is 0.893. The van der Waals surface area contributed by atoms with Gasteiger partial charge < -0.3 is 4.98 Å². The van der Waals surface area contributed by atoms with Crippen molar-refractivity contribution in [3.63, 3.8) is 0 Å². The third-order valence-corrected chi connectivity index (χ3v) is 4.68. The summed E-state index contributed by atoms with van der Waals surface area (Å²) >= 11 is 3.55. The van der Waals surface area contributed by atoms with Crippen LogP contribution in [0.1, 0.15) is 16.7 Å². The largest absolute Gasteiger partial charge is 0.321 e. The zero-order chi connectivity index (χ0) is 13.7. The minimum Gasteiger partial charge on any atom is -0.321 e. The van der Waals surface area contributed by atoms with E-state index in [0.717, 1.165) is 28.2 Å². The van der Waals surface area contributed by atoms with Crippen molar-refractivity contribution in [3.05, 3.63) is 69.5 Å². The number of hydrogen-bond donors (Lipinski definition) is 1. The average molecular weight is 326 g/mol. The first kappa shape index (κ1) is 11.9. The van der Waals surface area contributed by atoms with Crippen molar-refractivity contribution in [2.45, 2.75) is 11.8 Å². The van der Waals surface area contributed by atoms with Gasteiger partial charge in [0, 0.05) is 22.7 Å². The molecule has 0 atom stereocenters. The van der Waals surface area contributed by atoms with E-state index in [1.165, 1.54) is 22.3 Å². The fourth-order valence-corrected chi connectivity index (χ4v) is 3.65. The zero-order valence-electron chi connectivity index (χ0n) is 10.7. The van der Waals surface area contributed by atoms with Crippen molar-refractivity contribution in [2.75, 3.05) is 0 Å². The molecule has 1 aromatic heterocycles. The quantitative estimate of drug-likeness (QED) is 0.527. The maximum absolute atomic E-state index is 12.2. The summed E-state index contributed by atoms with van der Waals surface area (Å²) < 4.78 is 0. The SMILES string of the molecule is O=c1[nH]c2c(c3ccccc13)Cc1c(CBr)cccc1-2. The van der Waals surface area contributed by atoms with Gasteiger partial charge in [0.25, 0.3) is 5.56 Å². The number of pyridine rings is 1. The molecular weight excluding hydrogens is 314 g/mol. The molecule has 2 nitrogen and oxygen atoms in total. The molecule has 1 N–H and O–H groups in total. The maximum Gasteiger partial charge on any atom is 0.256 e. The van der Waals surface area contributed by atoms with Gasteiger partial charge in [0.1, 0.15) is 0 Å². The van der Waals surface area contributed by atoms with Crippen LogP contribution in [-0.2, 0) is 11.8 Å². The lowest BCUT2D eigenvalue weighted by atomic mass is 10.0. The minimum absolute atomic E-state index is 0.00329. The zero-order valence-corrected chi connectivity index (χ0v) is 12.3. The molecule has 4 rings (SSSR count). The van der Waals surface area contributed by atoms with Gasteiger partial charge in [0.15, 0.2) is 0 Å².